The Morgan fingerprint density at radius 2 is 1.88 bits per heavy atom. The van der Waals surface area contributed by atoms with Gasteiger partial charge in [0.05, 0.1) is 18.1 Å². The number of aliphatic carboxylic acids is 1. The zero-order valence-corrected chi connectivity index (χ0v) is 18.3. The summed E-state index contributed by atoms with van der Waals surface area (Å²) in [5.74, 6) is -1.20. The van der Waals surface area contributed by atoms with Gasteiger partial charge in [-0.05, 0) is 30.6 Å². The summed E-state index contributed by atoms with van der Waals surface area (Å²) in [7, 11) is -1.79. The standard InChI is InChI=1S/C17H28INO4Si/c1-6-24(7-2,8-3)23-11(5)13-14-10(4)12(9-18)15(17(21)22)19(14)16(13)20/h10-11,13-14H,6-9H2,1-5H3,(H,21,22)/t10-,11+,13+,14+/m0/s1. The van der Waals surface area contributed by atoms with Gasteiger partial charge in [0.2, 0.25) is 5.91 Å². The number of carbonyl (C=O) groups excluding carboxylic acids is 1. The zero-order chi connectivity index (χ0) is 18.2. The molecule has 0 bridgehead atoms. The van der Waals surface area contributed by atoms with Crippen molar-refractivity contribution in [3.8, 4) is 0 Å². The molecule has 0 spiro atoms. The molecule has 0 aromatic carbocycles. The van der Waals surface area contributed by atoms with Crippen LogP contribution in [0, 0.1) is 11.8 Å². The fourth-order valence-electron chi connectivity index (χ4n) is 4.27. The Kier molecular flexibility index (Phi) is 6.18. The number of rotatable bonds is 8. The molecule has 0 radical (unpaired) electrons. The Balaban J connectivity index is 2.23. The lowest BCUT2D eigenvalue weighted by molar-refractivity contribution is -0.162. The smallest absolute Gasteiger partial charge is 0.352 e. The molecule has 0 aromatic rings. The summed E-state index contributed by atoms with van der Waals surface area (Å²) in [6.07, 6.45) is -0.142. The lowest BCUT2D eigenvalue weighted by Crippen LogP contribution is -2.65. The molecule has 1 fully saturated rings. The zero-order valence-electron chi connectivity index (χ0n) is 15.1. The van der Waals surface area contributed by atoms with Gasteiger partial charge in [-0.1, -0.05) is 50.3 Å². The van der Waals surface area contributed by atoms with Crippen molar-refractivity contribution in [3.05, 3.63) is 11.3 Å². The van der Waals surface area contributed by atoms with Crippen molar-refractivity contribution in [1.82, 2.24) is 4.90 Å². The summed E-state index contributed by atoms with van der Waals surface area (Å²) < 4.78 is 7.14. The Morgan fingerprint density at radius 3 is 2.29 bits per heavy atom. The molecule has 1 saturated heterocycles. The molecule has 2 heterocycles. The number of carbonyl (C=O) groups is 2. The maximum absolute atomic E-state index is 12.7. The highest BCUT2D eigenvalue weighted by Crippen LogP contribution is 2.48. The van der Waals surface area contributed by atoms with Crippen LogP contribution in [0.3, 0.4) is 0 Å². The molecule has 136 valence electrons. The fraction of sp³-hybridized carbons (Fsp3) is 0.765. The van der Waals surface area contributed by atoms with E-state index in [1.54, 1.807) is 0 Å². The average molecular weight is 465 g/mol. The maximum atomic E-state index is 12.7. The summed E-state index contributed by atoms with van der Waals surface area (Å²) >= 11 is 2.19. The first-order valence-electron chi connectivity index (χ1n) is 8.81. The predicted octanol–water partition coefficient (Wildman–Crippen LogP) is 3.65. The number of amides is 1. The monoisotopic (exact) mass is 465 g/mol. The molecule has 2 aliphatic heterocycles. The Morgan fingerprint density at radius 1 is 1.33 bits per heavy atom. The third kappa shape index (κ3) is 2.96. The van der Waals surface area contributed by atoms with E-state index < -0.39 is 14.3 Å². The lowest BCUT2D eigenvalue weighted by Gasteiger charge is -2.49. The van der Waals surface area contributed by atoms with E-state index in [0.29, 0.717) is 4.43 Å². The van der Waals surface area contributed by atoms with Crippen LogP contribution in [0.15, 0.2) is 11.3 Å². The van der Waals surface area contributed by atoms with E-state index in [-0.39, 0.29) is 35.6 Å². The summed E-state index contributed by atoms with van der Waals surface area (Å²) in [6, 6.07) is 3.09. The number of hydrogen-bond donors (Lipinski definition) is 1. The number of β-lactam (4-membered cyclic amide) rings is 1. The number of nitrogens with zero attached hydrogens (tertiary/aromatic N) is 1. The largest absolute Gasteiger partial charge is 0.477 e. The minimum Gasteiger partial charge on any atom is -0.477 e. The Labute approximate surface area is 159 Å². The van der Waals surface area contributed by atoms with E-state index in [2.05, 4.69) is 43.4 Å². The number of hydrogen-bond acceptors (Lipinski definition) is 3. The van der Waals surface area contributed by atoms with E-state index in [1.807, 2.05) is 13.8 Å². The van der Waals surface area contributed by atoms with Crippen molar-refractivity contribution < 1.29 is 19.1 Å². The van der Waals surface area contributed by atoms with E-state index >= 15 is 0 Å². The van der Waals surface area contributed by atoms with Crippen molar-refractivity contribution in [1.29, 1.82) is 0 Å². The van der Waals surface area contributed by atoms with Crippen LogP contribution in [-0.2, 0) is 14.0 Å². The summed E-state index contributed by atoms with van der Waals surface area (Å²) in [6.45, 7) is 10.6. The van der Waals surface area contributed by atoms with Crippen LogP contribution < -0.4 is 0 Å². The van der Waals surface area contributed by atoms with Crippen LogP contribution in [0.25, 0.3) is 0 Å². The second kappa shape index (κ2) is 7.45. The van der Waals surface area contributed by atoms with Crippen molar-refractivity contribution in [3.63, 3.8) is 0 Å². The summed E-state index contributed by atoms with van der Waals surface area (Å²) in [4.78, 5) is 25.8. The normalized spacial score (nSPS) is 28.0. The average Bonchev–Trinajstić information content (AvgIpc) is 2.81. The van der Waals surface area contributed by atoms with Crippen LogP contribution in [0.1, 0.15) is 34.6 Å². The van der Waals surface area contributed by atoms with Gasteiger partial charge in [0, 0.05) is 10.3 Å². The first kappa shape index (κ1) is 19.9. The Bertz CT molecular complexity index is 553. The maximum Gasteiger partial charge on any atom is 0.352 e. The molecule has 7 heteroatoms. The van der Waals surface area contributed by atoms with Gasteiger partial charge in [0.25, 0.3) is 0 Å². The highest BCUT2D eigenvalue weighted by Gasteiger charge is 2.60. The van der Waals surface area contributed by atoms with E-state index in [9.17, 15) is 14.7 Å². The topological polar surface area (TPSA) is 66.8 Å². The first-order chi connectivity index (χ1) is 11.3. The molecule has 0 aromatic heterocycles. The number of carboxylic acid groups (broad SMARTS) is 1. The third-order valence-corrected chi connectivity index (χ3v) is 11.6. The van der Waals surface area contributed by atoms with Gasteiger partial charge in [-0.25, -0.2) is 4.79 Å². The molecule has 5 nitrogen and oxygen atoms in total. The molecule has 4 atom stereocenters. The quantitative estimate of drug-likeness (QED) is 0.257. The van der Waals surface area contributed by atoms with Crippen LogP contribution in [-0.4, -0.2) is 46.8 Å². The van der Waals surface area contributed by atoms with E-state index in [1.165, 1.54) is 4.90 Å². The third-order valence-electron chi connectivity index (χ3n) is 6.02. The second-order valence-corrected chi connectivity index (χ2v) is 12.4. The van der Waals surface area contributed by atoms with Gasteiger partial charge < -0.3 is 14.4 Å². The SMILES string of the molecule is CC[Si](CC)(CC)O[C@H](C)[C@H]1C(=O)N2C(C(=O)O)=C(CI)[C@H](C)[C@H]12. The molecule has 1 amide bonds. The predicted molar refractivity (Wildman–Crippen MR) is 105 cm³/mol. The molecule has 0 unspecified atom stereocenters. The van der Waals surface area contributed by atoms with Crippen LogP contribution >= 0.6 is 22.6 Å². The lowest BCUT2D eigenvalue weighted by atomic mass is 9.78. The number of carboxylic acids is 1. The van der Waals surface area contributed by atoms with Gasteiger partial charge >= 0.3 is 5.97 Å². The van der Waals surface area contributed by atoms with Gasteiger partial charge in [-0.15, -0.1) is 0 Å². The number of halogens is 1. The van der Waals surface area contributed by atoms with Gasteiger partial charge in [0.1, 0.15) is 5.70 Å². The van der Waals surface area contributed by atoms with E-state index in [0.717, 1.165) is 23.7 Å². The second-order valence-electron chi connectivity index (χ2n) is 6.89. The van der Waals surface area contributed by atoms with Crippen LogP contribution in [0.2, 0.25) is 18.1 Å². The molecular formula is C17H28INO4Si. The minimum atomic E-state index is -1.79. The minimum absolute atomic E-state index is 0.0550. The molecule has 2 aliphatic rings. The molecule has 24 heavy (non-hydrogen) atoms. The first-order valence-corrected chi connectivity index (χ1v) is 12.9. The number of alkyl halides is 1. The van der Waals surface area contributed by atoms with Crippen LogP contribution in [0.4, 0.5) is 0 Å². The molecule has 0 saturated carbocycles. The molecule has 0 aliphatic carbocycles. The molecular weight excluding hydrogens is 437 g/mol. The highest BCUT2D eigenvalue weighted by atomic mass is 127. The van der Waals surface area contributed by atoms with Gasteiger partial charge in [-0.2, -0.15) is 0 Å². The van der Waals surface area contributed by atoms with Crippen molar-refractivity contribution in [2.75, 3.05) is 4.43 Å². The summed E-state index contributed by atoms with van der Waals surface area (Å²) in [5, 5.41) is 9.52. The van der Waals surface area contributed by atoms with Crippen molar-refractivity contribution in [2.45, 2.75) is 64.9 Å². The van der Waals surface area contributed by atoms with Gasteiger partial charge in [0.15, 0.2) is 8.32 Å². The van der Waals surface area contributed by atoms with Crippen LogP contribution in [0.5, 0.6) is 0 Å². The Hall–Kier alpha value is -0.413. The number of fused-ring (bicyclic) bond motifs is 1. The highest BCUT2D eigenvalue weighted by molar-refractivity contribution is 14.1. The van der Waals surface area contributed by atoms with Gasteiger partial charge in [-0.3, -0.25) is 4.79 Å². The molecule has 2 rings (SSSR count). The fourth-order valence-corrected chi connectivity index (χ4v) is 8.27. The van der Waals surface area contributed by atoms with Crippen molar-refractivity contribution in [2.24, 2.45) is 11.8 Å². The van der Waals surface area contributed by atoms with E-state index in [4.69, 9.17) is 4.43 Å². The summed E-state index contributed by atoms with van der Waals surface area (Å²) in [5.41, 5.74) is 1.08. The molecule has 1 N–H and O–H groups in total. The van der Waals surface area contributed by atoms with Crippen molar-refractivity contribution >= 4 is 42.8 Å².